The summed E-state index contributed by atoms with van der Waals surface area (Å²) in [5.41, 5.74) is 1.69. The molecule has 0 radical (unpaired) electrons. The minimum Gasteiger partial charge on any atom is -0.505 e. The zero-order valence-electron chi connectivity index (χ0n) is 19.8. The molecule has 35 heavy (non-hydrogen) atoms. The first-order valence-corrected chi connectivity index (χ1v) is 12.3. The molecule has 0 amide bonds. The summed E-state index contributed by atoms with van der Waals surface area (Å²) in [6, 6.07) is 17.8. The van der Waals surface area contributed by atoms with Crippen LogP contribution in [0.4, 0.5) is 22.7 Å². The standard InChI is InChI=1S/C25H25N5O4S/c1-5-30(3)21-12-8-9-16-15-22(35(32,33)34-4)24(25(31)23(16)21)29-28-20-14-13-19(27-26-2)17-10-6-7-11-18(17)20/h6-15,31H,5H2,1-4H3. The zero-order valence-corrected chi connectivity index (χ0v) is 20.6. The van der Waals surface area contributed by atoms with E-state index in [1.54, 1.807) is 31.3 Å². The van der Waals surface area contributed by atoms with Crippen LogP contribution in [-0.2, 0) is 14.3 Å². The first-order valence-electron chi connectivity index (χ1n) is 10.9. The van der Waals surface area contributed by atoms with Crippen molar-refractivity contribution in [2.45, 2.75) is 11.8 Å². The van der Waals surface area contributed by atoms with Crippen LogP contribution in [0.15, 0.2) is 86.0 Å². The lowest BCUT2D eigenvalue weighted by molar-refractivity contribution is 0.397. The highest BCUT2D eigenvalue weighted by Gasteiger charge is 2.25. The molecule has 0 spiro atoms. The number of nitrogens with zero attached hydrogens (tertiary/aromatic N) is 5. The summed E-state index contributed by atoms with van der Waals surface area (Å²) in [7, 11) is 0.341. The molecule has 10 heteroatoms. The van der Waals surface area contributed by atoms with Gasteiger partial charge in [-0.15, -0.1) is 10.2 Å². The van der Waals surface area contributed by atoms with E-state index in [4.69, 9.17) is 4.18 Å². The lowest BCUT2D eigenvalue weighted by Crippen LogP contribution is -2.16. The average Bonchev–Trinajstić information content (AvgIpc) is 2.88. The number of anilines is 1. The maximum absolute atomic E-state index is 12.8. The van der Waals surface area contributed by atoms with E-state index in [0.29, 0.717) is 28.7 Å². The molecule has 4 aromatic carbocycles. The van der Waals surface area contributed by atoms with Crippen molar-refractivity contribution in [3.05, 3.63) is 60.7 Å². The van der Waals surface area contributed by atoms with Crippen molar-refractivity contribution in [3.63, 3.8) is 0 Å². The molecule has 9 nitrogen and oxygen atoms in total. The van der Waals surface area contributed by atoms with E-state index in [0.717, 1.165) is 23.6 Å². The van der Waals surface area contributed by atoms with Crippen LogP contribution in [-0.4, -0.2) is 41.3 Å². The molecule has 0 aliphatic carbocycles. The highest BCUT2D eigenvalue weighted by molar-refractivity contribution is 7.87. The number of hydrogen-bond donors (Lipinski definition) is 1. The van der Waals surface area contributed by atoms with Crippen LogP contribution in [0.2, 0.25) is 0 Å². The number of fused-ring (bicyclic) bond motifs is 2. The summed E-state index contributed by atoms with van der Waals surface area (Å²) in [5, 5.41) is 30.4. The first kappa shape index (κ1) is 24.2. The van der Waals surface area contributed by atoms with Gasteiger partial charge >= 0.3 is 0 Å². The number of hydrogen-bond acceptors (Lipinski definition) is 9. The molecule has 0 saturated carbocycles. The van der Waals surface area contributed by atoms with Crippen LogP contribution in [0.5, 0.6) is 5.75 Å². The third-order valence-electron chi connectivity index (χ3n) is 5.77. The predicted molar refractivity (Wildman–Crippen MR) is 137 cm³/mol. The van der Waals surface area contributed by atoms with Crippen LogP contribution in [0.25, 0.3) is 21.5 Å². The molecule has 0 aromatic heterocycles. The highest BCUT2D eigenvalue weighted by atomic mass is 32.2. The lowest BCUT2D eigenvalue weighted by Gasteiger charge is -2.20. The summed E-state index contributed by atoms with van der Waals surface area (Å²) < 4.78 is 30.3. The molecule has 0 bridgehead atoms. The minimum absolute atomic E-state index is 0.197. The van der Waals surface area contributed by atoms with Gasteiger partial charge in [-0.3, -0.25) is 4.18 Å². The summed E-state index contributed by atoms with van der Waals surface area (Å²) in [4.78, 5) is 1.67. The molecule has 0 saturated heterocycles. The number of phenols is 1. The summed E-state index contributed by atoms with van der Waals surface area (Å²) >= 11 is 0. The molecule has 0 fully saturated rings. The Balaban J connectivity index is 1.99. The van der Waals surface area contributed by atoms with Gasteiger partial charge in [-0.1, -0.05) is 36.4 Å². The van der Waals surface area contributed by atoms with E-state index in [1.165, 1.54) is 6.07 Å². The Morgan fingerprint density at radius 2 is 1.60 bits per heavy atom. The number of phenolic OH excluding ortho intramolecular Hbond substituents is 1. The Morgan fingerprint density at radius 1 is 0.943 bits per heavy atom. The van der Waals surface area contributed by atoms with Crippen molar-refractivity contribution < 1.29 is 17.7 Å². The Hall–Kier alpha value is -3.89. The molecule has 4 aromatic rings. The van der Waals surface area contributed by atoms with Gasteiger partial charge in [0.1, 0.15) is 10.6 Å². The second kappa shape index (κ2) is 9.77. The van der Waals surface area contributed by atoms with Gasteiger partial charge in [-0.25, -0.2) is 0 Å². The molecule has 0 heterocycles. The van der Waals surface area contributed by atoms with Crippen molar-refractivity contribution in [2.75, 3.05) is 32.6 Å². The molecule has 0 aliphatic heterocycles. The fourth-order valence-corrected chi connectivity index (χ4v) is 4.72. The Bertz CT molecular complexity index is 1580. The van der Waals surface area contributed by atoms with Crippen LogP contribution in [0, 0.1) is 0 Å². The maximum atomic E-state index is 12.8. The van der Waals surface area contributed by atoms with Crippen LogP contribution in [0.3, 0.4) is 0 Å². The Kier molecular flexibility index (Phi) is 6.77. The van der Waals surface area contributed by atoms with Gasteiger partial charge in [0.05, 0.1) is 18.5 Å². The van der Waals surface area contributed by atoms with E-state index in [1.807, 2.05) is 49.2 Å². The quantitative estimate of drug-likeness (QED) is 0.230. The summed E-state index contributed by atoms with van der Waals surface area (Å²) in [6.45, 7) is 2.66. The number of benzene rings is 4. The normalized spacial score (nSPS) is 12.3. The van der Waals surface area contributed by atoms with E-state index >= 15 is 0 Å². The molecule has 1 N–H and O–H groups in total. The largest absolute Gasteiger partial charge is 0.505 e. The fraction of sp³-hybridized carbons (Fsp3) is 0.200. The number of rotatable bonds is 7. The maximum Gasteiger partial charge on any atom is 0.299 e. The van der Waals surface area contributed by atoms with E-state index < -0.39 is 10.1 Å². The lowest BCUT2D eigenvalue weighted by atomic mass is 10.1. The van der Waals surface area contributed by atoms with Gasteiger partial charge in [0.2, 0.25) is 0 Å². The second-order valence-corrected chi connectivity index (χ2v) is 9.41. The molecule has 0 unspecified atom stereocenters. The monoisotopic (exact) mass is 491 g/mol. The van der Waals surface area contributed by atoms with Gasteiger partial charge in [0, 0.05) is 42.5 Å². The van der Waals surface area contributed by atoms with Crippen molar-refractivity contribution in [3.8, 4) is 5.75 Å². The average molecular weight is 492 g/mol. The van der Waals surface area contributed by atoms with Crippen LogP contribution < -0.4 is 4.90 Å². The molecule has 0 atom stereocenters. The van der Waals surface area contributed by atoms with Gasteiger partial charge in [-0.05, 0) is 36.6 Å². The molecule has 0 aliphatic rings. The Labute approximate surface area is 203 Å². The van der Waals surface area contributed by atoms with Crippen LogP contribution >= 0.6 is 0 Å². The summed E-state index contributed by atoms with van der Waals surface area (Å²) in [6.07, 6.45) is 0. The van der Waals surface area contributed by atoms with Gasteiger partial charge in [0.25, 0.3) is 10.1 Å². The van der Waals surface area contributed by atoms with Crippen molar-refractivity contribution >= 4 is 54.4 Å². The van der Waals surface area contributed by atoms with E-state index in [-0.39, 0.29) is 16.3 Å². The van der Waals surface area contributed by atoms with Gasteiger partial charge in [0.15, 0.2) is 5.75 Å². The summed E-state index contributed by atoms with van der Waals surface area (Å²) in [5.74, 6) is -0.293. The van der Waals surface area contributed by atoms with Crippen molar-refractivity contribution in [1.82, 2.24) is 0 Å². The number of aromatic hydroxyl groups is 1. The third-order valence-corrected chi connectivity index (χ3v) is 7.06. The highest BCUT2D eigenvalue weighted by Crippen LogP contribution is 2.45. The third kappa shape index (κ3) is 4.45. The van der Waals surface area contributed by atoms with Gasteiger partial charge < -0.3 is 10.0 Å². The number of azo groups is 2. The van der Waals surface area contributed by atoms with Crippen molar-refractivity contribution in [1.29, 1.82) is 0 Å². The minimum atomic E-state index is -4.20. The Morgan fingerprint density at radius 3 is 2.20 bits per heavy atom. The SMILES string of the molecule is CCN(C)c1cccc2cc(S(=O)(=O)OC)c(N=Nc3ccc(N=NC)c4ccccc34)c(O)c12. The predicted octanol–water partition coefficient (Wildman–Crippen LogP) is 6.62. The van der Waals surface area contributed by atoms with Gasteiger partial charge in [-0.2, -0.15) is 18.6 Å². The molecular formula is C25H25N5O4S. The molecular weight excluding hydrogens is 466 g/mol. The molecule has 180 valence electrons. The van der Waals surface area contributed by atoms with Crippen molar-refractivity contribution in [2.24, 2.45) is 20.5 Å². The van der Waals surface area contributed by atoms with E-state index in [2.05, 4.69) is 20.5 Å². The first-order chi connectivity index (χ1) is 16.8. The fourth-order valence-electron chi connectivity index (χ4n) is 3.90. The smallest absolute Gasteiger partial charge is 0.299 e. The second-order valence-electron chi connectivity index (χ2n) is 7.73. The van der Waals surface area contributed by atoms with Crippen LogP contribution in [0.1, 0.15) is 6.92 Å². The van der Waals surface area contributed by atoms with E-state index in [9.17, 15) is 13.5 Å². The zero-order chi connectivity index (χ0) is 25.2. The topological polar surface area (TPSA) is 116 Å². The molecule has 4 rings (SSSR count).